The zero-order valence-electron chi connectivity index (χ0n) is 10.3. The lowest BCUT2D eigenvalue weighted by molar-refractivity contribution is 0.306. The highest BCUT2D eigenvalue weighted by Crippen LogP contribution is 2.13. The van der Waals surface area contributed by atoms with E-state index in [0.717, 1.165) is 25.3 Å². The van der Waals surface area contributed by atoms with Crippen LogP contribution in [0.4, 0.5) is 0 Å². The van der Waals surface area contributed by atoms with Crippen LogP contribution < -0.4 is 0 Å². The van der Waals surface area contributed by atoms with E-state index >= 15 is 0 Å². The molecule has 2 nitrogen and oxygen atoms in total. The quantitative estimate of drug-likeness (QED) is 0.557. The summed E-state index contributed by atoms with van der Waals surface area (Å²) in [6, 6.07) is 0.445. The van der Waals surface area contributed by atoms with Crippen LogP contribution in [0.25, 0.3) is 0 Å². The molecule has 1 heterocycles. The summed E-state index contributed by atoms with van der Waals surface area (Å²) in [5.41, 5.74) is 0. The maximum absolute atomic E-state index is 5.53. The molecule has 0 aromatic rings. The van der Waals surface area contributed by atoms with Gasteiger partial charge in [-0.15, -0.1) is 0 Å². The maximum Gasteiger partial charge on any atom is 0.183 e. The number of hydrogen-bond donors (Lipinski definition) is 0. The lowest BCUT2D eigenvalue weighted by Crippen LogP contribution is -2.03. The smallest absolute Gasteiger partial charge is 0.183 e. The van der Waals surface area contributed by atoms with E-state index in [1.165, 1.54) is 38.5 Å². The summed E-state index contributed by atoms with van der Waals surface area (Å²) in [6.45, 7) is 5.25. The third-order valence-electron chi connectivity index (χ3n) is 2.98. The fourth-order valence-electron chi connectivity index (χ4n) is 1.87. The molecule has 15 heavy (non-hydrogen) atoms. The molecule has 0 radical (unpaired) electrons. The highest BCUT2D eigenvalue weighted by molar-refractivity contribution is 5.77. The Morgan fingerprint density at radius 1 is 1.13 bits per heavy atom. The molecule has 0 saturated carbocycles. The second-order valence-electron chi connectivity index (χ2n) is 4.41. The van der Waals surface area contributed by atoms with Crippen LogP contribution in [0, 0.1) is 0 Å². The van der Waals surface area contributed by atoms with Crippen molar-refractivity contribution in [1.82, 2.24) is 0 Å². The van der Waals surface area contributed by atoms with Crippen molar-refractivity contribution in [2.75, 3.05) is 6.61 Å². The van der Waals surface area contributed by atoms with E-state index in [4.69, 9.17) is 4.74 Å². The monoisotopic (exact) mass is 211 g/mol. The number of hydrogen-bond acceptors (Lipinski definition) is 2. The molecular formula is C13H25NO. The van der Waals surface area contributed by atoms with Crippen molar-refractivity contribution in [3.8, 4) is 0 Å². The molecule has 88 valence electrons. The van der Waals surface area contributed by atoms with Gasteiger partial charge in [0.25, 0.3) is 0 Å². The van der Waals surface area contributed by atoms with Gasteiger partial charge in [-0.3, -0.25) is 0 Å². The lowest BCUT2D eigenvalue weighted by atomic mass is 10.1. The van der Waals surface area contributed by atoms with Gasteiger partial charge in [-0.05, 0) is 12.8 Å². The fourth-order valence-corrected chi connectivity index (χ4v) is 1.87. The van der Waals surface area contributed by atoms with Gasteiger partial charge in [0.1, 0.15) is 6.61 Å². The molecule has 0 bridgehead atoms. The predicted octanol–water partition coefficient (Wildman–Crippen LogP) is 3.94. The molecular weight excluding hydrogens is 186 g/mol. The number of aliphatic imine (C=N–C) groups is 1. The lowest BCUT2D eigenvalue weighted by Gasteiger charge is -2.01. The van der Waals surface area contributed by atoms with Crippen LogP contribution in [0.3, 0.4) is 0 Å². The maximum atomic E-state index is 5.53. The van der Waals surface area contributed by atoms with Gasteiger partial charge in [-0.25, -0.2) is 4.99 Å². The molecule has 1 aliphatic heterocycles. The Morgan fingerprint density at radius 2 is 1.87 bits per heavy atom. The Morgan fingerprint density at radius 3 is 2.53 bits per heavy atom. The number of unbranched alkanes of at least 4 members (excludes halogenated alkanes) is 5. The molecule has 1 rings (SSSR count). The molecule has 0 aliphatic carbocycles. The molecule has 0 fully saturated rings. The first-order valence-electron chi connectivity index (χ1n) is 6.56. The summed E-state index contributed by atoms with van der Waals surface area (Å²) >= 11 is 0. The zero-order chi connectivity index (χ0) is 10.9. The summed E-state index contributed by atoms with van der Waals surface area (Å²) in [5, 5.41) is 0. The normalized spacial score (nSPS) is 20.1. The average Bonchev–Trinajstić information content (AvgIpc) is 2.71. The molecule has 0 spiro atoms. The molecule has 0 aromatic carbocycles. The van der Waals surface area contributed by atoms with Gasteiger partial charge in [0.05, 0.1) is 6.04 Å². The molecule has 0 saturated heterocycles. The van der Waals surface area contributed by atoms with Crippen LogP contribution >= 0.6 is 0 Å². The Hall–Kier alpha value is -0.530. The molecule has 1 aliphatic rings. The highest BCUT2D eigenvalue weighted by atomic mass is 16.5. The van der Waals surface area contributed by atoms with E-state index in [9.17, 15) is 0 Å². The highest BCUT2D eigenvalue weighted by Gasteiger charge is 2.15. The fraction of sp³-hybridized carbons (Fsp3) is 0.923. The van der Waals surface area contributed by atoms with Crippen molar-refractivity contribution in [1.29, 1.82) is 0 Å². The Labute approximate surface area is 94.1 Å². The first-order chi connectivity index (χ1) is 7.36. The van der Waals surface area contributed by atoms with Crippen LogP contribution in [0.5, 0.6) is 0 Å². The van der Waals surface area contributed by atoms with Gasteiger partial charge in [0, 0.05) is 6.42 Å². The Balaban J connectivity index is 1.96. The molecule has 0 N–H and O–H groups in total. The van der Waals surface area contributed by atoms with Crippen molar-refractivity contribution >= 4 is 5.90 Å². The zero-order valence-corrected chi connectivity index (χ0v) is 10.3. The Bertz CT molecular complexity index is 189. The van der Waals surface area contributed by atoms with E-state index in [0.29, 0.717) is 6.04 Å². The molecule has 0 aromatic heterocycles. The minimum Gasteiger partial charge on any atom is -0.479 e. The summed E-state index contributed by atoms with van der Waals surface area (Å²) < 4.78 is 5.53. The van der Waals surface area contributed by atoms with Gasteiger partial charge in [0.2, 0.25) is 0 Å². The van der Waals surface area contributed by atoms with Crippen molar-refractivity contribution in [3.05, 3.63) is 0 Å². The van der Waals surface area contributed by atoms with Crippen LogP contribution in [-0.2, 0) is 4.74 Å². The first kappa shape index (κ1) is 12.5. The minimum atomic E-state index is 0.445. The van der Waals surface area contributed by atoms with Crippen molar-refractivity contribution < 1.29 is 4.74 Å². The van der Waals surface area contributed by atoms with Crippen LogP contribution in [0.15, 0.2) is 4.99 Å². The van der Waals surface area contributed by atoms with E-state index in [2.05, 4.69) is 18.8 Å². The molecule has 1 atom stereocenters. The second kappa shape index (κ2) is 7.72. The van der Waals surface area contributed by atoms with Gasteiger partial charge in [0.15, 0.2) is 5.90 Å². The predicted molar refractivity (Wildman–Crippen MR) is 65.5 cm³/mol. The van der Waals surface area contributed by atoms with Gasteiger partial charge < -0.3 is 4.74 Å². The second-order valence-corrected chi connectivity index (χ2v) is 4.41. The molecule has 1 unspecified atom stereocenters. The summed E-state index contributed by atoms with van der Waals surface area (Å²) in [4.78, 5) is 4.53. The van der Waals surface area contributed by atoms with Crippen molar-refractivity contribution in [2.45, 2.75) is 71.3 Å². The summed E-state index contributed by atoms with van der Waals surface area (Å²) in [7, 11) is 0. The Kier molecular flexibility index (Phi) is 6.45. The minimum absolute atomic E-state index is 0.445. The molecule has 2 heteroatoms. The van der Waals surface area contributed by atoms with E-state index in [1.807, 2.05) is 0 Å². The number of nitrogens with zero attached hydrogens (tertiary/aromatic N) is 1. The van der Waals surface area contributed by atoms with Crippen LogP contribution in [0.1, 0.15) is 65.2 Å². The van der Waals surface area contributed by atoms with Crippen molar-refractivity contribution in [3.63, 3.8) is 0 Å². The first-order valence-corrected chi connectivity index (χ1v) is 6.56. The number of rotatable bonds is 8. The SMILES string of the molecule is CCCCCCCCC1=NC(CC)CO1. The van der Waals surface area contributed by atoms with Crippen molar-refractivity contribution in [2.24, 2.45) is 4.99 Å². The molecule has 0 amide bonds. The average molecular weight is 211 g/mol. The topological polar surface area (TPSA) is 21.6 Å². The summed E-state index contributed by atoms with van der Waals surface area (Å²) in [6.07, 6.45) is 10.2. The van der Waals surface area contributed by atoms with Gasteiger partial charge in [-0.2, -0.15) is 0 Å². The van der Waals surface area contributed by atoms with E-state index in [1.54, 1.807) is 0 Å². The largest absolute Gasteiger partial charge is 0.479 e. The third-order valence-corrected chi connectivity index (χ3v) is 2.98. The van der Waals surface area contributed by atoms with Crippen LogP contribution in [0.2, 0.25) is 0 Å². The summed E-state index contributed by atoms with van der Waals surface area (Å²) in [5.74, 6) is 1.01. The van der Waals surface area contributed by atoms with Crippen LogP contribution in [-0.4, -0.2) is 18.5 Å². The van der Waals surface area contributed by atoms with E-state index < -0.39 is 0 Å². The number of ether oxygens (including phenoxy) is 1. The van der Waals surface area contributed by atoms with E-state index in [-0.39, 0.29) is 0 Å². The van der Waals surface area contributed by atoms with Gasteiger partial charge in [-0.1, -0.05) is 46.0 Å². The standard InChI is InChI=1S/C13H25NO/c1-3-5-6-7-8-9-10-13-14-12(4-2)11-15-13/h12H,3-11H2,1-2H3. The third kappa shape index (κ3) is 5.19. The van der Waals surface area contributed by atoms with Gasteiger partial charge >= 0.3 is 0 Å².